The Kier molecular flexibility index (Phi) is 8.69. The Balaban J connectivity index is 1.29. The van der Waals surface area contributed by atoms with Crippen molar-refractivity contribution in [1.82, 2.24) is 19.5 Å². The van der Waals surface area contributed by atoms with E-state index in [-0.39, 0.29) is 60.9 Å². The number of nitrogens with zero attached hydrogens (tertiary/aromatic N) is 3. The number of benzene rings is 2. The molecule has 42 heavy (non-hydrogen) atoms. The Bertz CT molecular complexity index is 1740. The molecule has 0 saturated heterocycles. The molecule has 0 spiro atoms. The SMILES string of the molecule is C=C1OC(COP(=O)(COCCn2cnc3c(=O)[nH]c(N)nc32)OCc2ccc(OC)c(F)c2)=C(c2ccccc2)O1. The molecule has 13 nitrogen and oxygen atoms in total. The van der Waals surface area contributed by atoms with Crippen LogP contribution in [0.1, 0.15) is 11.1 Å². The lowest BCUT2D eigenvalue weighted by Gasteiger charge is -2.19. The molecule has 0 saturated carbocycles. The van der Waals surface area contributed by atoms with Gasteiger partial charge in [-0.1, -0.05) is 36.4 Å². The number of ether oxygens (including phenoxy) is 4. The molecule has 15 heteroatoms. The van der Waals surface area contributed by atoms with Crippen LogP contribution in [0.25, 0.3) is 16.9 Å². The summed E-state index contributed by atoms with van der Waals surface area (Å²) >= 11 is 0. The number of hydrogen-bond acceptors (Lipinski definition) is 11. The summed E-state index contributed by atoms with van der Waals surface area (Å²) in [5.41, 5.74) is 6.67. The number of nitrogen functional groups attached to an aromatic ring is 1. The molecule has 0 aliphatic carbocycles. The predicted molar refractivity (Wildman–Crippen MR) is 149 cm³/mol. The van der Waals surface area contributed by atoms with E-state index in [0.29, 0.717) is 16.9 Å². The van der Waals surface area contributed by atoms with Crippen molar-refractivity contribution in [1.29, 1.82) is 0 Å². The Morgan fingerprint density at radius 2 is 1.93 bits per heavy atom. The molecule has 2 aromatic heterocycles. The number of imidazole rings is 1. The van der Waals surface area contributed by atoms with Crippen LogP contribution in [0.4, 0.5) is 10.3 Å². The van der Waals surface area contributed by atoms with Crippen molar-refractivity contribution in [3.63, 3.8) is 0 Å². The van der Waals surface area contributed by atoms with Crippen LogP contribution in [0.2, 0.25) is 0 Å². The minimum absolute atomic E-state index is 0.0299. The fraction of sp³-hybridized carbons (Fsp3) is 0.222. The van der Waals surface area contributed by atoms with Gasteiger partial charge >= 0.3 is 7.60 Å². The Hall–Kier alpha value is -4.49. The third-order valence-electron chi connectivity index (χ3n) is 6.00. The maximum Gasteiger partial charge on any atom is 0.356 e. The average molecular weight is 600 g/mol. The van der Waals surface area contributed by atoms with Gasteiger partial charge in [0.25, 0.3) is 11.5 Å². The fourth-order valence-corrected chi connectivity index (χ4v) is 5.23. The van der Waals surface area contributed by atoms with Crippen molar-refractivity contribution in [2.75, 3.05) is 32.4 Å². The number of nitrogens with one attached hydrogen (secondary N) is 1. The van der Waals surface area contributed by atoms with Gasteiger partial charge in [-0.2, -0.15) is 4.98 Å². The monoisotopic (exact) mass is 599 g/mol. The highest BCUT2D eigenvalue weighted by molar-refractivity contribution is 7.53. The number of aromatic amines is 1. The number of nitrogens with two attached hydrogens (primary N) is 1. The van der Waals surface area contributed by atoms with Gasteiger partial charge in [0.05, 0.1) is 26.7 Å². The molecule has 220 valence electrons. The molecule has 3 N–H and O–H groups in total. The number of aromatic nitrogens is 4. The lowest BCUT2D eigenvalue weighted by atomic mass is 10.2. The zero-order chi connectivity index (χ0) is 29.7. The van der Waals surface area contributed by atoms with Crippen LogP contribution in [-0.4, -0.2) is 46.2 Å². The van der Waals surface area contributed by atoms with Gasteiger partial charge in [0, 0.05) is 12.1 Å². The van der Waals surface area contributed by atoms with Crippen molar-refractivity contribution >= 4 is 30.5 Å². The third kappa shape index (κ3) is 6.69. The number of H-pyrrole nitrogens is 1. The van der Waals surface area contributed by atoms with E-state index in [1.54, 1.807) is 10.6 Å². The Labute approximate surface area is 238 Å². The van der Waals surface area contributed by atoms with Crippen LogP contribution in [0.3, 0.4) is 0 Å². The lowest BCUT2D eigenvalue weighted by Crippen LogP contribution is -2.13. The van der Waals surface area contributed by atoms with E-state index in [9.17, 15) is 13.8 Å². The van der Waals surface area contributed by atoms with E-state index in [1.165, 1.54) is 25.6 Å². The molecule has 5 rings (SSSR count). The first-order chi connectivity index (χ1) is 20.2. The summed E-state index contributed by atoms with van der Waals surface area (Å²) in [7, 11) is -2.62. The van der Waals surface area contributed by atoms with Gasteiger partial charge in [-0.3, -0.25) is 18.9 Å². The smallest absolute Gasteiger partial charge is 0.356 e. The summed E-state index contributed by atoms with van der Waals surface area (Å²) in [5, 5.41) is 0. The molecule has 0 bridgehead atoms. The zero-order valence-electron chi connectivity index (χ0n) is 22.4. The summed E-state index contributed by atoms with van der Waals surface area (Å²) in [5.74, 6) is 0.0447. The Morgan fingerprint density at radius 3 is 2.69 bits per heavy atom. The number of hydrogen-bond donors (Lipinski definition) is 2. The molecule has 1 aliphatic rings. The minimum Gasteiger partial charge on any atom is -0.494 e. The van der Waals surface area contributed by atoms with Crippen molar-refractivity contribution in [2.45, 2.75) is 13.2 Å². The number of anilines is 1. The van der Waals surface area contributed by atoms with Gasteiger partial charge in [0.15, 0.2) is 34.2 Å². The van der Waals surface area contributed by atoms with Crippen LogP contribution >= 0.6 is 7.60 Å². The summed E-state index contributed by atoms with van der Waals surface area (Å²) in [6.07, 6.45) is 0.965. The molecule has 0 fully saturated rings. The first-order valence-corrected chi connectivity index (χ1v) is 14.3. The van der Waals surface area contributed by atoms with E-state index in [0.717, 1.165) is 0 Å². The van der Waals surface area contributed by atoms with Gasteiger partial charge in [0.1, 0.15) is 13.0 Å². The normalized spacial score (nSPS) is 14.6. The lowest BCUT2D eigenvalue weighted by molar-refractivity contribution is 0.114. The van der Waals surface area contributed by atoms with Crippen LogP contribution in [0, 0.1) is 5.82 Å². The van der Waals surface area contributed by atoms with Gasteiger partial charge in [0.2, 0.25) is 5.95 Å². The molecule has 1 unspecified atom stereocenters. The summed E-state index contributed by atoms with van der Waals surface area (Å²) in [4.78, 5) is 22.6. The van der Waals surface area contributed by atoms with Gasteiger partial charge in [-0.05, 0) is 24.3 Å². The summed E-state index contributed by atoms with van der Waals surface area (Å²) in [6.45, 7) is 3.39. The zero-order valence-corrected chi connectivity index (χ0v) is 23.3. The highest BCUT2D eigenvalue weighted by Crippen LogP contribution is 2.50. The second kappa shape index (κ2) is 12.6. The number of methoxy groups -OCH3 is 1. The summed E-state index contributed by atoms with van der Waals surface area (Å²) < 4.78 is 62.8. The van der Waals surface area contributed by atoms with E-state index in [4.69, 9.17) is 33.7 Å². The van der Waals surface area contributed by atoms with Gasteiger partial charge < -0.3 is 33.8 Å². The van der Waals surface area contributed by atoms with Gasteiger partial charge in [-0.15, -0.1) is 0 Å². The highest BCUT2D eigenvalue weighted by Gasteiger charge is 2.30. The van der Waals surface area contributed by atoms with E-state index in [2.05, 4.69) is 21.5 Å². The minimum atomic E-state index is -3.97. The Morgan fingerprint density at radius 1 is 1.14 bits per heavy atom. The van der Waals surface area contributed by atoms with Crippen LogP contribution in [-0.2, 0) is 41.0 Å². The molecule has 1 aliphatic heterocycles. The molecule has 1 atom stereocenters. The molecule has 2 aromatic carbocycles. The van der Waals surface area contributed by atoms with Crippen molar-refractivity contribution < 1.29 is 37.0 Å². The van der Waals surface area contributed by atoms with E-state index < -0.39 is 25.3 Å². The van der Waals surface area contributed by atoms with Crippen LogP contribution in [0.15, 0.2) is 77.9 Å². The largest absolute Gasteiger partial charge is 0.494 e. The first-order valence-electron chi connectivity index (χ1n) is 12.6. The fourth-order valence-electron chi connectivity index (χ4n) is 3.99. The number of rotatable bonds is 13. The molecule has 0 radical (unpaired) electrons. The summed E-state index contributed by atoms with van der Waals surface area (Å²) in [6, 6.07) is 13.3. The topological polar surface area (TPSA) is 162 Å². The second-order valence-electron chi connectivity index (χ2n) is 8.92. The molecular formula is C27H27FN5O8P. The maximum absolute atomic E-state index is 14.2. The number of halogens is 1. The predicted octanol–water partition coefficient (Wildman–Crippen LogP) is 4.14. The van der Waals surface area contributed by atoms with Gasteiger partial charge in [-0.25, -0.2) is 9.37 Å². The van der Waals surface area contributed by atoms with Crippen LogP contribution in [0.5, 0.6) is 5.75 Å². The van der Waals surface area contributed by atoms with Crippen LogP contribution < -0.4 is 16.0 Å². The maximum atomic E-state index is 14.2. The molecular weight excluding hydrogens is 572 g/mol. The van der Waals surface area contributed by atoms with E-state index in [1.807, 2.05) is 30.3 Å². The molecule has 0 amide bonds. The average Bonchev–Trinajstić information content (AvgIpc) is 3.57. The molecule has 4 aromatic rings. The van der Waals surface area contributed by atoms with Crippen molar-refractivity contribution in [2.24, 2.45) is 0 Å². The number of fused-ring (bicyclic) bond motifs is 1. The molecule has 3 heterocycles. The van der Waals surface area contributed by atoms with E-state index >= 15 is 0 Å². The third-order valence-corrected chi connectivity index (χ3v) is 7.54. The standard InChI is InChI=1S/C27H27FN5O8P/c1-17-40-22(24(41-17)19-6-4-3-5-7-19)14-39-42(35,38-13-18-8-9-21(36-2)20(28)12-18)16-37-11-10-33-15-30-23-25(33)31-27(29)32-26(23)34/h3-9,12,15H,1,10-11,13-14,16H2,2H3,(H3,29,31,32,34). The van der Waals surface area contributed by atoms with Crippen molar-refractivity contribution in [3.8, 4) is 5.75 Å². The first kappa shape index (κ1) is 29.0. The second-order valence-corrected chi connectivity index (χ2v) is 10.9. The quantitative estimate of drug-likeness (QED) is 0.168. The van der Waals surface area contributed by atoms with Crippen molar-refractivity contribution in [3.05, 3.63) is 100 Å². The highest BCUT2D eigenvalue weighted by atomic mass is 31.2.